The number of hydrogen-bond acceptors (Lipinski definition) is 4. The summed E-state index contributed by atoms with van der Waals surface area (Å²) in [7, 11) is -1.66. The van der Waals surface area contributed by atoms with Gasteiger partial charge in [0.05, 0.1) is 18.8 Å². The third-order valence-electron chi connectivity index (χ3n) is 3.55. The van der Waals surface area contributed by atoms with Crippen molar-refractivity contribution in [3.63, 3.8) is 0 Å². The minimum atomic E-state index is -4.47. The van der Waals surface area contributed by atoms with Crippen LogP contribution in [0.25, 0.3) is 0 Å². The molecule has 0 bridgehead atoms. The Hall–Kier alpha value is -1.16. The summed E-state index contributed by atoms with van der Waals surface area (Å²) < 4.78 is 76.7. The molecule has 124 valence electrons. The van der Waals surface area contributed by atoms with Crippen molar-refractivity contribution >= 4 is 10.0 Å². The maximum absolute atomic E-state index is 13.8. The summed E-state index contributed by atoms with van der Waals surface area (Å²) in [6.07, 6.45) is -0.0601. The minimum absolute atomic E-state index is 0.0525. The van der Waals surface area contributed by atoms with E-state index in [4.69, 9.17) is 9.47 Å². The van der Waals surface area contributed by atoms with Crippen molar-refractivity contribution < 1.29 is 31.1 Å². The van der Waals surface area contributed by atoms with Crippen LogP contribution in [0, 0.1) is 17.5 Å². The number of ether oxygens (including phenoxy) is 2. The highest BCUT2D eigenvalue weighted by molar-refractivity contribution is 7.89. The lowest BCUT2D eigenvalue weighted by atomic mass is 10.2. The van der Waals surface area contributed by atoms with E-state index in [1.54, 1.807) is 0 Å². The van der Waals surface area contributed by atoms with Crippen LogP contribution in [0.2, 0.25) is 0 Å². The lowest BCUT2D eigenvalue weighted by Crippen LogP contribution is -2.39. The molecule has 0 unspecified atom stereocenters. The summed E-state index contributed by atoms with van der Waals surface area (Å²) in [6, 6.07) is 0.0693. The van der Waals surface area contributed by atoms with E-state index in [-0.39, 0.29) is 13.2 Å². The van der Waals surface area contributed by atoms with Gasteiger partial charge in [-0.25, -0.2) is 21.6 Å². The van der Waals surface area contributed by atoms with Gasteiger partial charge in [-0.05, 0) is 6.42 Å². The molecular formula is C13H16F3NO4S. The van der Waals surface area contributed by atoms with Crippen molar-refractivity contribution in [2.45, 2.75) is 23.5 Å². The fourth-order valence-corrected chi connectivity index (χ4v) is 4.29. The average molecular weight is 339 g/mol. The van der Waals surface area contributed by atoms with Gasteiger partial charge < -0.3 is 9.47 Å². The second-order valence-electron chi connectivity index (χ2n) is 4.98. The van der Waals surface area contributed by atoms with Gasteiger partial charge in [0, 0.05) is 32.9 Å². The first kappa shape index (κ1) is 17.2. The Kier molecular flexibility index (Phi) is 5.10. The van der Waals surface area contributed by atoms with Crippen molar-refractivity contribution in [1.82, 2.24) is 4.31 Å². The van der Waals surface area contributed by atoms with E-state index in [1.807, 2.05) is 0 Å². The van der Waals surface area contributed by atoms with Crippen molar-refractivity contribution in [1.29, 1.82) is 0 Å². The second kappa shape index (κ2) is 6.53. The fraction of sp³-hybridized carbons (Fsp3) is 0.538. The minimum Gasteiger partial charge on any atom is -0.383 e. The van der Waals surface area contributed by atoms with Gasteiger partial charge in [-0.3, -0.25) is 0 Å². The zero-order chi connectivity index (χ0) is 16.5. The molecule has 1 aromatic carbocycles. The number of rotatable bonds is 5. The molecule has 1 fully saturated rings. The van der Waals surface area contributed by atoms with E-state index in [1.165, 1.54) is 14.2 Å². The van der Waals surface area contributed by atoms with Gasteiger partial charge >= 0.3 is 0 Å². The first-order valence-electron chi connectivity index (χ1n) is 6.49. The number of hydrogen-bond donors (Lipinski definition) is 0. The van der Waals surface area contributed by atoms with Crippen LogP contribution >= 0.6 is 0 Å². The second-order valence-corrected chi connectivity index (χ2v) is 6.80. The molecule has 1 aromatic rings. The van der Waals surface area contributed by atoms with Crippen molar-refractivity contribution in [2.75, 3.05) is 27.4 Å². The van der Waals surface area contributed by atoms with Crippen LogP contribution in [-0.4, -0.2) is 52.2 Å². The average Bonchev–Trinajstić information content (AvgIpc) is 2.81. The number of sulfonamides is 1. The van der Waals surface area contributed by atoms with E-state index in [0.29, 0.717) is 18.6 Å². The number of nitrogens with zero attached hydrogens (tertiary/aromatic N) is 1. The molecular weight excluding hydrogens is 323 g/mol. The lowest BCUT2D eigenvalue weighted by molar-refractivity contribution is 0.110. The lowest BCUT2D eigenvalue weighted by Gasteiger charge is -2.23. The monoisotopic (exact) mass is 339 g/mol. The Bertz CT molecular complexity index is 630. The standard InChI is InChI=1S/C13H16F3NO4S/c1-20-7-9-5-10(21-2)6-17(9)22(18,19)13-11(15)3-8(14)4-12(13)16/h3-4,9-10H,5-7H2,1-2H3/t9-,10+/m0/s1. The van der Waals surface area contributed by atoms with Gasteiger partial charge in [-0.2, -0.15) is 4.31 Å². The molecule has 0 saturated carbocycles. The summed E-state index contributed by atoms with van der Waals surface area (Å²) in [4.78, 5) is -1.16. The highest BCUT2D eigenvalue weighted by Crippen LogP contribution is 2.30. The highest BCUT2D eigenvalue weighted by atomic mass is 32.2. The van der Waals surface area contributed by atoms with Crippen molar-refractivity contribution in [2.24, 2.45) is 0 Å². The quantitative estimate of drug-likeness (QED) is 0.816. The summed E-state index contributed by atoms with van der Waals surface area (Å²) in [6.45, 7) is 0.00659. The molecule has 5 nitrogen and oxygen atoms in total. The molecule has 22 heavy (non-hydrogen) atoms. The molecule has 1 aliphatic heterocycles. The smallest absolute Gasteiger partial charge is 0.249 e. The fourth-order valence-electron chi connectivity index (χ4n) is 2.55. The number of halogens is 3. The van der Waals surface area contributed by atoms with Crippen LogP contribution in [0.3, 0.4) is 0 Å². The maximum Gasteiger partial charge on any atom is 0.249 e. The Morgan fingerprint density at radius 2 is 1.82 bits per heavy atom. The highest BCUT2D eigenvalue weighted by Gasteiger charge is 2.42. The molecule has 1 heterocycles. The molecule has 2 atom stereocenters. The number of methoxy groups -OCH3 is 2. The van der Waals surface area contributed by atoms with Gasteiger partial charge in [0.25, 0.3) is 0 Å². The first-order chi connectivity index (χ1) is 10.3. The molecule has 0 radical (unpaired) electrons. The van der Waals surface area contributed by atoms with Crippen LogP contribution in [0.1, 0.15) is 6.42 Å². The van der Waals surface area contributed by atoms with Crippen LogP contribution in [0.15, 0.2) is 17.0 Å². The van der Waals surface area contributed by atoms with Gasteiger partial charge in [-0.15, -0.1) is 0 Å². The summed E-state index contributed by atoms with van der Waals surface area (Å²) in [5, 5.41) is 0. The van der Waals surface area contributed by atoms with Crippen LogP contribution in [0.4, 0.5) is 13.2 Å². The molecule has 0 N–H and O–H groups in total. The van der Waals surface area contributed by atoms with Crippen LogP contribution in [0.5, 0.6) is 0 Å². The number of benzene rings is 1. The molecule has 1 saturated heterocycles. The molecule has 9 heteroatoms. The van der Waals surface area contributed by atoms with Gasteiger partial charge in [0.2, 0.25) is 10.0 Å². The topological polar surface area (TPSA) is 55.8 Å². The SMILES string of the molecule is COC[C@@H]1C[C@@H](OC)CN1S(=O)(=O)c1c(F)cc(F)cc1F. The molecule has 1 aliphatic rings. The molecule has 0 aliphatic carbocycles. The predicted molar refractivity (Wildman–Crippen MR) is 71.3 cm³/mol. The summed E-state index contributed by atoms with van der Waals surface area (Å²) in [5.74, 6) is -4.11. The van der Waals surface area contributed by atoms with Crippen LogP contribution < -0.4 is 0 Å². The third-order valence-corrected chi connectivity index (χ3v) is 5.52. The van der Waals surface area contributed by atoms with Gasteiger partial charge in [0.1, 0.15) is 17.5 Å². The van der Waals surface area contributed by atoms with Crippen molar-refractivity contribution in [3.05, 3.63) is 29.6 Å². The third kappa shape index (κ3) is 3.12. The van der Waals surface area contributed by atoms with Gasteiger partial charge in [0.15, 0.2) is 4.90 Å². The van der Waals surface area contributed by atoms with E-state index >= 15 is 0 Å². The molecule has 0 aromatic heterocycles. The largest absolute Gasteiger partial charge is 0.383 e. The zero-order valence-corrected chi connectivity index (χ0v) is 12.9. The maximum atomic E-state index is 13.8. The molecule has 0 amide bonds. The Morgan fingerprint density at radius 1 is 1.23 bits per heavy atom. The summed E-state index contributed by atoms with van der Waals surface area (Å²) >= 11 is 0. The van der Waals surface area contributed by atoms with Gasteiger partial charge in [-0.1, -0.05) is 0 Å². The van der Waals surface area contributed by atoms with E-state index in [9.17, 15) is 21.6 Å². The molecule has 2 rings (SSSR count). The molecule has 0 spiro atoms. The normalized spacial score (nSPS) is 23.1. The van der Waals surface area contributed by atoms with Crippen LogP contribution in [-0.2, 0) is 19.5 Å². The Morgan fingerprint density at radius 3 is 2.32 bits per heavy atom. The Balaban J connectivity index is 2.45. The zero-order valence-electron chi connectivity index (χ0n) is 12.1. The van der Waals surface area contributed by atoms with Crippen molar-refractivity contribution in [3.8, 4) is 0 Å². The van der Waals surface area contributed by atoms with E-state index < -0.39 is 44.5 Å². The van der Waals surface area contributed by atoms with E-state index in [0.717, 1.165) is 4.31 Å². The van der Waals surface area contributed by atoms with E-state index in [2.05, 4.69) is 0 Å². The first-order valence-corrected chi connectivity index (χ1v) is 7.93. The Labute approximate surface area is 126 Å². The summed E-state index contributed by atoms with van der Waals surface area (Å²) in [5.41, 5.74) is 0. The predicted octanol–water partition coefficient (Wildman–Crippen LogP) is 1.53.